The van der Waals surface area contributed by atoms with Crippen LogP contribution < -0.4 is 0 Å². The minimum Gasteiger partial charge on any atom is -0.338 e. The number of carbonyl (C=O) groups is 1. The third kappa shape index (κ3) is 4.53. The predicted molar refractivity (Wildman–Crippen MR) is 105 cm³/mol. The number of amides is 1. The molecule has 0 fully saturated rings. The van der Waals surface area contributed by atoms with E-state index < -0.39 is 0 Å². The van der Waals surface area contributed by atoms with Crippen LogP contribution in [0.4, 0.5) is 0 Å². The Morgan fingerprint density at radius 2 is 1.92 bits per heavy atom. The van der Waals surface area contributed by atoms with Crippen molar-refractivity contribution in [2.45, 2.75) is 24.1 Å². The summed E-state index contributed by atoms with van der Waals surface area (Å²) in [4.78, 5) is 19.8. The van der Waals surface area contributed by atoms with Crippen LogP contribution in [-0.4, -0.2) is 28.0 Å². The summed E-state index contributed by atoms with van der Waals surface area (Å²) in [7, 11) is 1.81. The molecule has 1 amide bonds. The van der Waals surface area contributed by atoms with Crippen LogP contribution in [0.2, 0.25) is 0 Å². The van der Waals surface area contributed by atoms with Crippen molar-refractivity contribution in [2.75, 3.05) is 7.05 Å². The number of thioether (sulfide) groups is 1. The zero-order valence-electron chi connectivity index (χ0n) is 14.5. The van der Waals surface area contributed by atoms with E-state index in [0.717, 1.165) is 14.9 Å². The Labute approximate surface area is 164 Å². The maximum absolute atomic E-state index is 12.9. The highest BCUT2D eigenvalue weighted by Gasteiger charge is 2.17. The molecule has 0 N–H and O–H groups in total. The van der Waals surface area contributed by atoms with Gasteiger partial charge in [0, 0.05) is 23.0 Å². The average molecular weight is 432 g/mol. The standard InChI is InChI=1S/C19H18BrN3O2S/c1-13-21-18(25-22-13)12-26-17-10-6-4-8-15(17)19(24)23(2)11-14-7-3-5-9-16(14)20/h3-10H,11-12H2,1-2H3. The third-order valence-corrected chi connectivity index (χ3v) is 5.58. The SMILES string of the molecule is Cc1noc(CSc2ccccc2C(=O)N(C)Cc2ccccc2Br)n1. The molecule has 2 aromatic carbocycles. The number of aryl methyl sites for hydroxylation is 1. The van der Waals surface area contributed by atoms with E-state index in [2.05, 4.69) is 26.1 Å². The van der Waals surface area contributed by atoms with Gasteiger partial charge >= 0.3 is 0 Å². The predicted octanol–water partition coefficient (Wildman–Crippen LogP) is 4.71. The summed E-state index contributed by atoms with van der Waals surface area (Å²) in [5, 5.41) is 3.79. The van der Waals surface area contributed by atoms with Gasteiger partial charge in [0.2, 0.25) is 5.89 Å². The summed E-state index contributed by atoms with van der Waals surface area (Å²) in [6.07, 6.45) is 0. The summed E-state index contributed by atoms with van der Waals surface area (Å²) in [5.74, 6) is 1.67. The molecule has 0 saturated heterocycles. The molecule has 1 aromatic heterocycles. The number of benzene rings is 2. The molecule has 3 rings (SSSR count). The summed E-state index contributed by atoms with van der Waals surface area (Å²) < 4.78 is 6.14. The second-order valence-electron chi connectivity index (χ2n) is 5.77. The molecule has 0 bridgehead atoms. The normalized spacial score (nSPS) is 10.7. The fourth-order valence-corrected chi connectivity index (χ4v) is 3.76. The number of carbonyl (C=O) groups excluding carboxylic acids is 1. The summed E-state index contributed by atoms with van der Waals surface area (Å²) in [5.41, 5.74) is 1.73. The Kier molecular flexibility index (Phi) is 6.11. The van der Waals surface area contributed by atoms with Crippen molar-refractivity contribution in [3.05, 3.63) is 75.8 Å². The van der Waals surface area contributed by atoms with Crippen molar-refractivity contribution in [1.82, 2.24) is 15.0 Å². The van der Waals surface area contributed by atoms with Gasteiger partial charge in [-0.05, 0) is 30.7 Å². The van der Waals surface area contributed by atoms with Crippen molar-refractivity contribution in [1.29, 1.82) is 0 Å². The molecule has 5 nitrogen and oxygen atoms in total. The Bertz CT molecular complexity index is 913. The maximum atomic E-state index is 12.9. The van der Waals surface area contributed by atoms with Crippen LogP contribution in [0.1, 0.15) is 27.6 Å². The molecule has 0 radical (unpaired) electrons. The van der Waals surface area contributed by atoms with E-state index in [0.29, 0.717) is 29.6 Å². The second kappa shape index (κ2) is 8.51. The van der Waals surface area contributed by atoms with E-state index in [1.807, 2.05) is 55.6 Å². The van der Waals surface area contributed by atoms with Gasteiger partial charge in [0.15, 0.2) is 5.82 Å². The van der Waals surface area contributed by atoms with Crippen LogP contribution in [0.5, 0.6) is 0 Å². The lowest BCUT2D eigenvalue weighted by molar-refractivity contribution is 0.0781. The molecular formula is C19H18BrN3O2S. The van der Waals surface area contributed by atoms with Crippen LogP contribution in [0.25, 0.3) is 0 Å². The third-order valence-electron chi connectivity index (χ3n) is 3.75. The first kappa shape index (κ1) is 18.7. The quantitative estimate of drug-likeness (QED) is 0.529. The van der Waals surface area contributed by atoms with E-state index in [4.69, 9.17) is 4.52 Å². The highest BCUT2D eigenvalue weighted by atomic mass is 79.9. The fraction of sp³-hybridized carbons (Fsp3) is 0.211. The Balaban J connectivity index is 1.73. The lowest BCUT2D eigenvalue weighted by Crippen LogP contribution is -2.26. The van der Waals surface area contributed by atoms with Crippen molar-refractivity contribution in [3.63, 3.8) is 0 Å². The zero-order valence-corrected chi connectivity index (χ0v) is 16.9. The van der Waals surface area contributed by atoms with Crippen molar-refractivity contribution in [3.8, 4) is 0 Å². The van der Waals surface area contributed by atoms with Gasteiger partial charge in [-0.2, -0.15) is 4.98 Å². The first-order valence-corrected chi connectivity index (χ1v) is 9.82. The minimum absolute atomic E-state index is 0.0226. The monoisotopic (exact) mass is 431 g/mol. The van der Waals surface area contributed by atoms with Gasteiger partial charge < -0.3 is 9.42 Å². The first-order valence-electron chi connectivity index (χ1n) is 8.04. The van der Waals surface area contributed by atoms with Gasteiger partial charge in [-0.3, -0.25) is 4.79 Å². The molecule has 0 saturated carbocycles. The van der Waals surface area contributed by atoms with Crippen LogP contribution in [0.15, 0.2) is 62.4 Å². The van der Waals surface area contributed by atoms with Gasteiger partial charge in [-0.25, -0.2) is 0 Å². The molecule has 0 aliphatic carbocycles. The zero-order chi connectivity index (χ0) is 18.5. The van der Waals surface area contributed by atoms with Gasteiger partial charge in [0.1, 0.15) is 0 Å². The smallest absolute Gasteiger partial charge is 0.255 e. The highest BCUT2D eigenvalue weighted by molar-refractivity contribution is 9.10. The first-order chi connectivity index (χ1) is 12.5. The summed E-state index contributed by atoms with van der Waals surface area (Å²) >= 11 is 5.05. The van der Waals surface area contributed by atoms with E-state index >= 15 is 0 Å². The van der Waals surface area contributed by atoms with Gasteiger partial charge in [-0.1, -0.05) is 51.4 Å². The molecule has 0 atom stereocenters. The molecule has 1 heterocycles. The molecule has 0 unspecified atom stereocenters. The minimum atomic E-state index is -0.0226. The van der Waals surface area contributed by atoms with Gasteiger partial charge in [0.25, 0.3) is 5.91 Å². The largest absolute Gasteiger partial charge is 0.338 e. The van der Waals surface area contributed by atoms with E-state index in [1.165, 1.54) is 11.8 Å². The number of hydrogen-bond donors (Lipinski definition) is 0. The van der Waals surface area contributed by atoms with Crippen molar-refractivity contribution in [2.24, 2.45) is 0 Å². The van der Waals surface area contributed by atoms with Gasteiger partial charge in [0.05, 0.1) is 11.3 Å². The van der Waals surface area contributed by atoms with Crippen LogP contribution in [0.3, 0.4) is 0 Å². The number of rotatable bonds is 6. The van der Waals surface area contributed by atoms with E-state index in [9.17, 15) is 4.79 Å². The average Bonchev–Trinajstić information content (AvgIpc) is 3.07. The van der Waals surface area contributed by atoms with Gasteiger partial charge in [-0.15, -0.1) is 11.8 Å². The van der Waals surface area contributed by atoms with Crippen LogP contribution in [-0.2, 0) is 12.3 Å². The van der Waals surface area contributed by atoms with Crippen LogP contribution >= 0.6 is 27.7 Å². The number of nitrogens with zero attached hydrogens (tertiary/aromatic N) is 3. The Morgan fingerprint density at radius 1 is 1.19 bits per heavy atom. The highest BCUT2D eigenvalue weighted by Crippen LogP contribution is 2.27. The number of aromatic nitrogens is 2. The molecule has 3 aromatic rings. The molecule has 26 heavy (non-hydrogen) atoms. The molecule has 134 valence electrons. The fourth-order valence-electron chi connectivity index (χ4n) is 2.47. The number of halogens is 1. The maximum Gasteiger partial charge on any atom is 0.255 e. The summed E-state index contributed by atoms with van der Waals surface area (Å²) in [6, 6.07) is 15.5. The Hall–Kier alpha value is -2.12. The molecule has 0 aliphatic rings. The van der Waals surface area contributed by atoms with Crippen molar-refractivity contribution >= 4 is 33.6 Å². The van der Waals surface area contributed by atoms with E-state index in [-0.39, 0.29) is 5.91 Å². The van der Waals surface area contributed by atoms with Crippen LogP contribution in [0, 0.1) is 6.92 Å². The topological polar surface area (TPSA) is 59.2 Å². The molecule has 0 aliphatic heterocycles. The molecular weight excluding hydrogens is 414 g/mol. The Morgan fingerprint density at radius 3 is 2.65 bits per heavy atom. The second-order valence-corrected chi connectivity index (χ2v) is 7.64. The number of hydrogen-bond acceptors (Lipinski definition) is 5. The lowest BCUT2D eigenvalue weighted by Gasteiger charge is -2.19. The summed E-state index contributed by atoms with van der Waals surface area (Å²) in [6.45, 7) is 2.31. The molecule has 7 heteroatoms. The molecule has 0 spiro atoms. The van der Waals surface area contributed by atoms with E-state index in [1.54, 1.807) is 11.8 Å². The lowest BCUT2D eigenvalue weighted by atomic mass is 10.1. The van der Waals surface area contributed by atoms with Crippen molar-refractivity contribution < 1.29 is 9.32 Å².